The molecule has 0 spiro atoms. The number of guanidine groups is 1. The van der Waals surface area contributed by atoms with Crippen LogP contribution in [0.1, 0.15) is 89.8 Å². The number of carbonyl (C=O) groups excluding carboxylic acids is 8. The SMILES string of the molecule is CC(C)C[C@H](NC(=O)[C@H](CC(=O)O)NC(=O)[C@@H]1CCCN1C(=O)[C@@H](N)CO)C(=O)N[C@@H](C)C(=O)N[C@@H](CCCN=C(N)N)C(=O)N[C@@H](Cc1cnc[nH]1)C(=O)N[C@@H](Cc1ccc(O)cc1)C(=O)N[C@@H](CCCCN)C(=O)O. The van der Waals surface area contributed by atoms with Crippen LogP contribution in [0.2, 0.25) is 0 Å². The maximum atomic E-state index is 14.3. The number of aliphatic hydroxyl groups is 1. The number of phenols is 1. The molecule has 2 heterocycles. The number of hydrogen-bond acceptors (Lipinski definition) is 16. The van der Waals surface area contributed by atoms with Gasteiger partial charge in [-0.2, -0.15) is 0 Å². The van der Waals surface area contributed by atoms with Gasteiger partial charge >= 0.3 is 11.9 Å². The normalized spacial score (nSPS) is 16.2. The van der Waals surface area contributed by atoms with Crippen LogP contribution in [0.5, 0.6) is 5.75 Å². The largest absolute Gasteiger partial charge is 0.508 e. The number of hydrogen-bond donors (Lipinski definition) is 16. The highest BCUT2D eigenvalue weighted by molar-refractivity contribution is 5.99. The number of aliphatic hydroxyl groups excluding tert-OH is 1. The van der Waals surface area contributed by atoms with Crippen molar-refractivity contribution < 1.29 is 68.4 Å². The lowest BCUT2D eigenvalue weighted by molar-refractivity contribution is -0.143. The van der Waals surface area contributed by atoms with E-state index in [1.165, 1.54) is 43.7 Å². The maximum absolute atomic E-state index is 14.3. The van der Waals surface area contributed by atoms with E-state index in [0.29, 0.717) is 37.1 Å². The topological polar surface area (TPSA) is 484 Å². The minimum atomic E-state index is -1.73. The second kappa shape index (κ2) is 31.8. The van der Waals surface area contributed by atoms with E-state index in [9.17, 15) is 68.4 Å². The lowest BCUT2D eigenvalue weighted by atomic mass is 10.0. The molecule has 1 aromatic heterocycles. The van der Waals surface area contributed by atoms with Gasteiger partial charge in [0, 0.05) is 37.8 Å². The van der Waals surface area contributed by atoms with Crippen molar-refractivity contribution >= 4 is 65.2 Å². The molecule has 77 heavy (non-hydrogen) atoms. The molecule has 1 aromatic carbocycles. The number of unbranched alkanes of at least 4 members (excludes halogenated alkanes) is 1. The van der Waals surface area contributed by atoms with Gasteiger partial charge in [-0.15, -0.1) is 0 Å². The summed E-state index contributed by atoms with van der Waals surface area (Å²) in [6.07, 6.45) is 2.74. The molecule has 29 nitrogen and oxygen atoms in total. The number of carboxylic acid groups (broad SMARTS) is 2. The Labute approximate surface area is 444 Å². The van der Waals surface area contributed by atoms with E-state index in [2.05, 4.69) is 52.2 Å². The fourth-order valence-electron chi connectivity index (χ4n) is 8.14. The number of H-pyrrole nitrogens is 1. The summed E-state index contributed by atoms with van der Waals surface area (Å²) in [5.74, 6) is -10.6. The van der Waals surface area contributed by atoms with Gasteiger partial charge in [-0.3, -0.25) is 48.1 Å². The molecule has 0 aliphatic carbocycles. The Bertz CT molecular complexity index is 2350. The molecule has 1 saturated heterocycles. The van der Waals surface area contributed by atoms with Crippen molar-refractivity contribution in [1.82, 2.24) is 52.1 Å². The number of nitrogens with one attached hydrogen (secondary N) is 8. The number of phenolic OH excluding ortho intramolecular Hbond substituents is 1. The quantitative estimate of drug-likeness (QED) is 0.0182. The zero-order chi connectivity index (χ0) is 57.4. The van der Waals surface area contributed by atoms with Gasteiger partial charge in [0.1, 0.15) is 60.1 Å². The van der Waals surface area contributed by atoms with Crippen LogP contribution in [-0.4, -0.2) is 181 Å². The summed E-state index contributed by atoms with van der Waals surface area (Å²) < 4.78 is 0. The molecule has 1 aliphatic rings. The number of aliphatic imine (C=N–C) groups is 1. The fraction of sp³-hybridized carbons (Fsp3) is 0.583. The summed E-state index contributed by atoms with van der Waals surface area (Å²) >= 11 is 0. The van der Waals surface area contributed by atoms with E-state index in [-0.39, 0.29) is 75.7 Å². The summed E-state index contributed by atoms with van der Waals surface area (Å²) in [6.45, 7) is 4.45. The molecule has 9 atom stereocenters. The zero-order valence-corrected chi connectivity index (χ0v) is 43.4. The average molecular weight is 1090 g/mol. The lowest BCUT2D eigenvalue weighted by Gasteiger charge is -2.28. The number of aromatic hydroxyl groups is 1. The van der Waals surface area contributed by atoms with Gasteiger partial charge in [-0.1, -0.05) is 26.0 Å². The summed E-state index contributed by atoms with van der Waals surface area (Å²) in [5.41, 5.74) is 23.1. The van der Waals surface area contributed by atoms with Crippen molar-refractivity contribution in [3.8, 4) is 5.75 Å². The maximum Gasteiger partial charge on any atom is 0.326 e. The van der Waals surface area contributed by atoms with Crippen molar-refractivity contribution in [2.24, 2.45) is 33.8 Å². The number of carbonyl (C=O) groups is 10. The van der Waals surface area contributed by atoms with E-state index < -0.39 is 127 Å². The molecule has 1 aliphatic heterocycles. The summed E-state index contributed by atoms with van der Waals surface area (Å²) in [6, 6.07) is -6.95. The number of amides is 8. The van der Waals surface area contributed by atoms with Gasteiger partial charge in [0.2, 0.25) is 47.3 Å². The first kappa shape index (κ1) is 63.4. The Morgan fingerprint density at radius 3 is 1.88 bits per heavy atom. The molecule has 29 heteroatoms. The smallest absolute Gasteiger partial charge is 0.326 e. The molecule has 426 valence electrons. The van der Waals surface area contributed by atoms with E-state index >= 15 is 0 Å². The van der Waals surface area contributed by atoms with Gasteiger partial charge in [0.25, 0.3) is 0 Å². The Hall–Kier alpha value is -7.92. The number of nitrogens with zero attached hydrogens (tertiary/aromatic N) is 3. The Morgan fingerprint density at radius 2 is 1.31 bits per heavy atom. The number of likely N-dealkylation sites (tertiary alicyclic amines) is 1. The third-order valence-electron chi connectivity index (χ3n) is 12.2. The molecular weight excluding hydrogens is 1010 g/mol. The molecule has 1 fully saturated rings. The standard InChI is InChI=1S/C48H75N15O14/c1-25(2)18-33(59-44(73)36(21-38(66)67)62-45(74)37-10-7-17-63(37)46(75)30(50)23-64)41(70)56-26(3)39(68)57-31(9-6-16-54-48(51)52)40(69)61-35(20-28-22-53-24-55-28)43(72)60-34(19-27-11-13-29(65)14-12-27)42(71)58-32(47(76)77)8-4-5-15-49/h11-14,22,24-26,30-37,64-65H,4-10,15-21,23,49-50H2,1-3H3,(H,53,55)(H,56,70)(H,57,68)(H,58,71)(H,59,73)(H,60,72)(H,61,69)(H,62,74)(H,66,67)(H,76,77)(H4,51,52,54)/t26-,30-,31-,32-,33-,34-,35-,36-,37-/m0/s1. The highest BCUT2D eigenvalue weighted by atomic mass is 16.4. The fourth-order valence-corrected chi connectivity index (χ4v) is 8.14. The number of aromatic amines is 1. The van der Waals surface area contributed by atoms with Crippen molar-refractivity contribution in [3.63, 3.8) is 0 Å². The molecule has 0 bridgehead atoms. The van der Waals surface area contributed by atoms with Crippen molar-refractivity contribution in [2.75, 3.05) is 26.2 Å². The Kier molecular flexibility index (Phi) is 26.2. The van der Waals surface area contributed by atoms with Crippen LogP contribution in [0.3, 0.4) is 0 Å². The Morgan fingerprint density at radius 1 is 0.740 bits per heavy atom. The van der Waals surface area contributed by atoms with Crippen LogP contribution < -0.4 is 60.2 Å². The summed E-state index contributed by atoms with van der Waals surface area (Å²) in [5, 5.41) is 56.4. The first-order valence-corrected chi connectivity index (χ1v) is 25.2. The van der Waals surface area contributed by atoms with Crippen LogP contribution >= 0.6 is 0 Å². The van der Waals surface area contributed by atoms with Gasteiger partial charge in [-0.05, 0) is 88.4 Å². The number of imidazole rings is 1. The van der Waals surface area contributed by atoms with Crippen LogP contribution in [0.4, 0.5) is 0 Å². The van der Waals surface area contributed by atoms with Gasteiger partial charge in [0.15, 0.2) is 5.96 Å². The number of aliphatic carboxylic acids is 2. The number of carboxylic acids is 2. The van der Waals surface area contributed by atoms with E-state index in [4.69, 9.17) is 22.9 Å². The third kappa shape index (κ3) is 21.7. The molecule has 0 unspecified atom stereocenters. The Balaban J connectivity index is 1.86. The number of aromatic nitrogens is 2. The monoisotopic (exact) mass is 1090 g/mol. The molecular formula is C48H75N15O14. The minimum Gasteiger partial charge on any atom is -0.508 e. The highest BCUT2D eigenvalue weighted by Gasteiger charge is 2.39. The predicted octanol–water partition coefficient (Wildman–Crippen LogP) is -4.59. The molecule has 8 amide bonds. The van der Waals surface area contributed by atoms with Crippen LogP contribution in [-0.2, 0) is 60.8 Å². The van der Waals surface area contributed by atoms with Gasteiger partial charge in [-0.25, -0.2) is 9.78 Å². The van der Waals surface area contributed by atoms with Crippen LogP contribution in [0, 0.1) is 5.92 Å². The minimum absolute atomic E-state index is 0.00122. The molecule has 2 aromatic rings. The summed E-state index contributed by atoms with van der Waals surface area (Å²) in [7, 11) is 0. The number of nitrogens with two attached hydrogens (primary N) is 4. The van der Waals surface area contributed by atoms with Crippen molar-refractivity contribution in [1.29, 1.82) is 0 Å². The van der Waals surface area contributed by atoms with Gasteiger partial charge in [0.05, 0.1) is 19.4 Å². The lowest BCUT2D eigenvalue weighted by Crippen LogP contribution is -2.60. The van der Waals surface area contributed by atoms with Gasteiger partial charge < -0.3 is 90.5 Å². The van der Waals surface area contributed by atoms with Crippen LogP contribution in [0.15, 0.2) is 41.8 Å². The summed E-state index contributed by atoms with van der Waals surface area (Å²) in [4.78, 5) is 146. The van der Waals surface area contributed by atoms with Crippen molar-refractivity contribution in [3.05, 3.63) is 48.0 Å². The molecule has 3 rings (SSSR count). The average Bonchev–Trinajstić information content (AvgIpc) is 4.09. The predicted molar refractivity (Wildman–Crippen MR) is 275 cm³/mol. The number of benzene rings is 1. The zero-order valence-electron chi connectivity index (χ0n) is 43.4. The van der Waals surface area contributed by atoms with Crippen molar-refractivity contribution in [2.45, 2.75) is 146 Å². The van der Waals surface area contributed by atoms with E-state index in [1.807, 2.05) is 0 Å². The van der Waals surface area contributed by atoms with E-state index in [0.717, 1.165) is 4.90 Å². The molecule has 20 N–H and O–H groups in total. The first-order valence-electron chi connectivity index (χ1n) is 25.2. The van der Waals surface area contributed by atoms with Crippen LogP contribution in [0.25, 0.3) is 0 Å². The highest BCUT2D eigenvalue weighted by Crippen LogP contribution is 2.19. The molecule has 0 radical (unpaired) electrons. The first-order chi connectivity index (χ1) is 36.4. The van der Waals surface area contributed by atoms with E-state index in [1.54, 1.807) is 13.8 Å². The molecule has 0 saturated carbocycles. The second-order valence-corrected chi connectivity index (χ2v) is 19.0. The number of rotatable bonds is 33. The third-order valence-corrected chi connectivity index (χ3v) is 12.2. The second-order valence-electron chi connectivity index (χ2n) is 19.0.